The Kier molecular flexibility index (Phi) is 6.74. The van der Waals surface area contributed by atoms with Crippen molar-refractivity contribution in [2.45, 2.75) is 52.5 Å². The molecule has 1 heterocycles. The molecule has 16 heavy (non-hydrogen) atoms. The smallest absolute Gasteiger partial charge is 0.0300 e. The molecule has 1 aromatic rings. The Morgan fingerprint density at radius 3 is 2.75 bits per heavy atom. The summed E-state index contributed by atoms with van der Waals surface area (Å²) in [6.07, 6.45) is 5.35. The minimum atomic E-state index is 0.502. The fraction of sp³-hybridized carbons (Fsp3) is 0.714. The molecule has 92 valence electrons. The second-order valence-electron chi connectivity index (χ2n) is 4.60. The first kappa shape index (κ1) is 13.7. The van der Waals surface area contributed by atoms with Crippen LogP contribution >= 0.6 is 11.3 Å². The van der Waals surface area contributed by atoms with Crippen molar-refractivity contribution in [2.75, 3.05) is 6.54 Å². The number of nitrogens with one attached hydrogen (secondary N) is 1. The third kappa shape index (κ3) is 4.67. The normalized spacial score (nSPS) is 14.9. The van der Waals surface area contributed by atoms with Crippen molar-refractivity contribution < 1.29 is 0 Å². The van der Waals surface area contributed by atoms with E-state index in [0.29, 0.717) is 6.04 Å². The lowest BCUT2D eigenvalue weighted by atomic mass is 9.99. The third-order valence-electron chi connectivity index (χ3n) is 3.30. The summed E-state index contributed by atoms with van der Waals surface area (Å²) in [4.78, 5) is 0. The zero-order valence-corrected chi connectivity index (χ0v) is 11.6. The molecular weight excluding hydrogens is 214 g/mol. The van der Waals surface area contributed by atoms with Gasteiger partial charge in [-0.25, -0.2) is 0 Å². The summed E-state index contributed by atoms with van der Waals surface area (Å²) in [6.45, 7) is 7.99. The SMILES string of the molecule is CCCCC(CC)CNC(C)c1ccsc1. The predicted molar refractivity (Wildman–Crippen MR) is 74.0 cm³/mol. The van der Waals surface area contributed by atoms with Crippen molar-refractivity contribution in [1.29, 1.82) is 0 Å². The molecule has 1 N–H and O–H groups in total. The lowest BCUT2D eigenvalue weighted by Crippen LogP contribution is -2.25. The van der Waals surface area contributed by atoms with Gasteiger partial charge < -0.3 is 5.32 Å². The average Bonchev–Trinajstić information content (AvgIpc) is 2.82. The van der Waals surface area contributed by atoms with Crippen molar-refractivity contribution in [3.05, 3.63) is 22.4 Å². The number of hydrogen-bond donors (Lipinski definition) is 1. The fourth-order valence-electron chi connectivity index (χ4n) is 1.93. The monoisotopic (exact) mass is 239 g/mol. The molecule has 1 nitrogen and oxygen atoms in total. The molecule has 0 aliphatic carbocycles. The highest BCUT2D eigenvalue weighted by Gasteiger charge is 2.09. The number of hydrogen-bond acceptors (Lipinski definition) is 2. The van der Waals surface area contributed by atoms with Gasteiger partial charge >= 0.3 is 0 Å². The van der Waals surface area contributed by atoms with E-state index in [2.05, 4.69) is 42.9 Å². The number of thiophene rings is 1. The first-order valence-corrected chi connectivity index (χ1v) is 7.47. The van der Waals surface area contributed by atoms with Crippen LogP contribution < -0.4 is 5.32 Å². The Balaban J connectivity index is 2.26. The van der Waals surface area contributed by atoms with Crippen molar-refractivity contribution in [2.24, 2.45) is 5.92 Å². The highest BCUT2D eigenvalue weighted by atomic mass is 32.1. The van der Waals surface area contributed by atoms with E-state index in [1.165, 1.54) is 31.2 Å². The van der Waals surface area contributed by atoms with Crippen LogP contribution in [0.15, 0.2) is 16.8 Å². The maximum Gasteiger partial charge on any atom is 0.0300 e. The van der Waals surface area contributed by atoms with Crippen molar-refractivity contribution in [3.63, 3.8) is 0 Å². The van der Waals surface area contributed by atoms with Gasteiger partial charge in [0.2, 0.25) is 0 Å². The molecule has 0 aromatic carbocycles. The quantitative estimate of drug-likeness (QED) is 0.698. The molecule has 0 saturated carbocycles. The molecule has 0 amide bonds. The molecule has 2 atom stereocenters. The van der Waals surface area contributed by atoms with Crippen molar-refractivity contribution >= 4 is 11.3 Å². The number of rotatable bonds is 8. The van der Waals surface area contributed by atoms with Gasteiger partial charge in [-0.2, -0.15) is 11.3 Å². The lowest BCUT2D eigenvalue weighted by Gasteiger charge is -2.19. The van der Waals surface area contributed by atoms with Gasteiger partial charge in [0.15, 0.2) is 0 Å². The highest BCUT2D eigenvalue weighted by Crippen LogP contribution is 2.17. The van der Waals surface area contributed by atoms with Gasteiger partial charge in [-0.3, -0.25) is 0 Å². The van der Waals surface area contributed by atoms with E-state index < -0.39 is 0 Å². The van der Waals surface area contributed by atoms with Crippen LogP contribution in [0.2, 0.25) is 0 Å². The van der Waals surface area contributed by atoms with Crippen LogP contribution in [0.25, 0.3) is 0 Å². The second-order valence-corrected chi connectivity index (χ2v) is 5.38. The summed E-state index contributed by atoms with van der Waals surface area (Å²) in [5, 5.41) is 8.05. The minimum absolute atomic E-state index is 0.502. The topological polar surface area (TPSA) is 12.0 Å². The molecule has 1 rings (SSSR count). The molecule has 0 radical (unpaired) electrons. The Bertz CT molecular complexity index is 256. The van der Waals surface area contributed by atoms with Crippen LogP contribution in [0.1, 0.15) is 58.1 Å². The summed E-state index contributed by atoms with van der Waals surface area (Å²) in [5.74, 6) is 0.848. The highest BCUT2D eigenvalue weighted by molar-refractivity contribution is 7.07. The lowest BCUT2D eigenvalue weighted by molar-refractivity contribution is 0.399. The summed E-state index contributed by atoms with van der Waals surface area (Å²) < 4.78 is 0. The minimum Gasteiger partial charge on any atom is -0.310 e. The fourth-order valence-corrected chi connectivity index (χ4v) is 2.68. The first-order valence-electron chi connectivity index (χ1n) is 6.53. The zero-order chi connectivity index (χ0) is 11.8. The van der Waals surface area contributed by atoms with E-state index in [0.717, 1.165) is 12.5 Å². The van der Waals surface area contributed by atoms with Crippen LogP contribution in [0.5, 0.6) is 0 Å². The molecule has 0 fully saturated rings. The van der Waals surface area contributed by atoms with Crippen LogP contribution in [-0.2, 0) is 0 Å². The van der Waals surface area contributed by atoms with Crippen LogP contribution in [-0.4, -0.2) is 6.54 Å². The largest absolute Gasteiger partial charge is 0.310 e. The predicted octanol–water partition coefficient (Wildman–Crippen LogP) is 4.62. The van der Waals surface area contributed by atoms with Gasteiger partial charge in [0.25, 0.3) is 0 Å². The molecule has 2 unspecified atom stereocenters. The Hall–Kier alpha value is -0.340. The van der Waals surface area contributed by atoms with Crippen molar-refractivity contribution in [3.8, 4) is 0 Å². The van der Waals surface area contributed by atoms with Gasteiger partial charge in [-0.1, -0.05) is 33.1 Å². The molecule has 0 saturated heterocycles. The summed E-state index contributed by atoms with van der Waals surface area (Å²) >= 11 is 1.78. The Morgan fingerprint density at radius 2 is 2.19 bits per heavy atom. The molecule has 1 aromatic heterocycles. The summed E-state index contributed by atoms with van der Waals surface area (Å²) in [7, 11) is 0. The second kappa shape index (κ2) is 7.86. The standard InChI is InChI=1S/C14H25NS/c1-4-6-7-13(5-2)10-15-12(3)14-8-9-16-11-14/h8-9,11-13,15H,4-7,10H2,1-3H3. The number of unbranched alkanes of at least 4 members (excludes halogenated alkanes) is 1. The molecule has 0 aliphatic heterocycles. The third-order valence-corrected chi connectivity index (χ3v) is 4.00. The first-order chi connectivity index (χ1) is 7.77. The zero-order valence-electron chi connectivity index (χ0n) is 10.8. The van der Waals surface area contributed by atoms with Crippen LogP contribution in [0.3, 0.4) is 0 Å². The molecule has 0 bridgehead atoms. The molecule has 0 aliphatic rings. The van der Waals surface area contributed by atoms with E-state index in [-0.39, 0.29) is 0 Å². The van der Waals surface area contributed by atoms with Gasteiger partial charge in [-0.05, 0) is 48.2 Å². The van der Waals surface area contributed by atoms with Gasteiger partial charge in [0, 0.05) is 6.04 Å². The molecule has 0 spiro atoms. The van der Waals surface area contributed by atoms with E-state index in [1.54, 1.807) is 11.3 Å². The van der Waals surface area contributed by atoms with Gasteiger partial charge in [0.1, 0.15) is 0 Å². The summed E-state index contributed by atoms with van der Waals surface area (Å²) in [5.41, 5.74) is 1.43. The van der Waals surface area contributed by atoms with Gasteiger partial charge in [-0.15, -0.1) is 0 Å². The summed E-state index contributed by atoms with van der Waals surface area (Å²) in [6, 6.07) is 2.72. The molecular formula is C14H25NS. The Morgan fingerprint density at radius 1 is 1.38 bits per heavy atom. The van der Waals surface area contributed by atoms with E-state index in [4.69, 9.17) is 0 Å². The molecule has 2 heteroatoms. The van der Waals surface area contributed by atoms with Gasteiger partial charge in [0.05, 0.1) is 0 Å². The van der Waals surface area contributed by atoms with Crippen LogP contribution in [0, 0.1) is 5.92 Å². The van der Waals surface area contributed by atoms with E-state index in [1.807, 2.05) is 0 Å². The van der Waals surface area contributed by atoms with Crippen LogP contribution in [0.4, 0.5) is 0 Å². The maximum absolute atomic E-state index is 3.65. The average molecular weight is 239 g/mol. The Labute approximate surface area is 104 Å². The van der Waals surface area contributed by atoms with E-state index in [9.17, 15) is 0 Å². The maximum atomic E-state index is 3.65. The van der Waals surface area contributed by atoms with Crippen molar-refractivity contribution in [1.82, 2.24) is 5.32 Å². The van der Waals surface area contributed by atoms with E-state index >= 15 is 0 Å².